The molecule has 0 amide bonds. The minimum absolute atomic E-state index is 0.211. The van der Waals surface area contributed by atoms with Crippen LogP contribution >= 0.6 is 11.8 Å². The summed E-state index contributed by atoms with van der Waals surface area (Å²) < 4.78 is 0. The van der Waals surface area contributed by atoms with Crippen molar-refractivity contribution >= 4 is 28.9 Å². The van der Waals surface area contributed by atoms with Gasteiger partial charge in [0.05, 0.1) is 5.70 Å². The van der Waals surface area contributed by atoms with E-state index < -0.39 is 0 Å². The summed E-state index contributed by atoms with van der Waals surface area (Å²) in [4.78, 5) is 8.86. The molecule has 226 valence electrons. The van der Waals surface area contributed by atoms with Gasteiger partial charge >= 0.3 is 0 Å². The summed E-state index contributed by atoms with van der Waals surface area (Å²) in [6, 6.07) is 17.6. The molecule has 4 rings (SSSR count). The van der Waals surface area contributed by atoms with Gasteiger partial charge in [-0.1, -0.05) is 135 Å². The quantitative estimate of drug-likeness (QED) is 0.198. The van der Waals surface area contributed by atoms with Crippen molar-refractivity contribution in [1.29, 1.82) is 0 Å². The molecule has 2 heterocycles. The van der Waals surface area contributed by atoms with Crippen molar-refractivity contribution < 1.29 is 0 Å². The Morgan fingerprint density at radius 1 is 1.00 bits per heavy atom. The summed E-state index contributed by atoms with van der Waals surface area (Å²) in [5.74, 6) is 1.43. The average molecular weight is 599 g/mol. The van der Waals surface area contributed by atoms with Crippen molar-refractivity contribution in [3.8, 4) is 0 Å². The standard InChI is InChI=1S/C41H46N2S/c1-10-18-38-40(11-2)44-26-17-16-19-28(3)33(8)41(38)42-34(9)43-25-24-29(4)32(7)37-22-13-12-20-35(37)30(5)27-31(6)36-21-14-15-23-39(36)43/h10-24,26-27,31-32H,2-3,25H2,1,4-9H3/b18-10-,19-16-,26-17+,29-24+,30-27+,40-38?,41-33-,42-34+. The van der Waals surface area contributed by atoms with Gasteiger partial charge in [0.15, 0.2) is 0 Å². The zero-order chi connectivity index (χ0) is 31.8. The molecule has 0 N–H and O–H groups in total. The minimum Gasteiger partial charge on any atom is -0.326 e. The first-order chi connectivity index (χ1) is 21.2. The van der Waals surface area contributed by atoms with E-state index in [1.807, 2.05) is 25.2 Å². The number of thioether (sulfide) groups is 1. The van der Waals surface area contributed by atoms with E-state index in [1.165, 1.54) is 33.5 Å². The molecule has 2 unspecified atom stereocenters. The van der Waals surface area contributed by atoms with E-state index >= 15 is 0 Å². The third-order valence-corrected chi connectivity index (χ3v) is 9.51. The van der Waals surface area contributed by atoms with Crippen molar-refractivity contribution in [2.45, 2.75) is 60.3 Å². The number of benzene rings is 2. The highest BCUT2D eigenvalue weighted by molar-refractivity contribution is 8.06. The number of nitrogens with zero attached hydrogens (tertiary/aromatic N) is 2. The van der Waals surface area contributed by atoms with E-state index in [0.717, 1.165) is 33.2 Å². The monoisotopic (exact) mass is 598 g/mol. The molecule has 0 saturated heterocycles. The molecule has 0 aromatic heterocycles. The summed E-state index contributed by atoms with van der Waals surface area (Å²) in [5.41, 5.74) is 11.7. The van der Waals surface area contributed by atoms with Crippen LogP contribution in [0.25, 0.3) is 5.57 Å². The summed E-state index contributed by atoms with van der Waals surface area (Å²) in [6.07, 6.45) is 17.0. The molecule has 2 aromatic carbocycles. The van der Waals surface area contributed by atoms with Gasteiger partial charge in [0.2, 0.25) is 0 Å². The molecule has 0 aliphatic carbocycles. The number of fused-ring (bicyclic) bond motifs is 2. The van der Waals surface area contributed by atoms with Crippen LogP contribution in [0.1, 0.15) is 77.0 Å². The van der Waals surface area contributed by atoms with Gasteiger partial charge in [0, 0.05) is 34.5 Å². The van der Waals surface area contributed by atoms with Crippen LogP contribution in [0.4, 0.5) is 5.69 Å². The maximum Gasteiger partial charge on any atom is 0.106 e. The first kappa shape index (κ1) is 32.8. The molecule has 0 spiro atoms. The molecular formula is C41H46N2S. The summed E-state index contributed by atoms with van der Waals surface area (Å²) in [5, 5.41) is 2.08. The number of rotatable bonds is 3. The predicted molar refractivity (Wildman–Crippen MR) is 197 cm³/mol. The molecule has 0 saturated carbocycles. The number of hydrogen-bond acceptors (Lipinski definition) is 2. The average Bonchev–Trinajstić information content (AvgIpc) is 3.03. The highest BCUT2D eigenvalue weighted by Gasteiger charge is 2.21. The SMILES string of the molecule is C=CC1=C(/C=C\C)C(/N=C(\C)N2C/C=C(\C)C(C)c3ccccc3/C(C)=C/C(C)c3ccccc32)=C(\C)C(=C)/C=C\C=C\S1. The van der Waals surface area contributed by atoms with Crippen LogP contribution < -0.4 is 4.90 Å². The number of para-hydroxylation sites is 1. The Kier molecular flexibility index (Phi) is 11.3. The Labute approximate surface area is 270 Å². The van der Waals surface area contributed by atoms with E-state index in [-0.39, 0.29) is 5.92 Å². The molecule has 0 radical (unpaired) electrons. The summed E-state index contributed by atoms with van der Waals surface area (Å²) >= 11 is 1.65. The third-order valence-electron chi connectivity index (χ3n) is 8.57. The van der Waals surface area contributed by atoms with Gasteiger partial charge in [-0.3, -0.25) is 0 Å². The Morgan fingerprint density at radius 2 is 1.70 bits per heavy atom. The van der Waals surface area contributed by atoms with Crippen LogP contribution in [0, 0.1) is 0 Å². The normalized spacial score (nSPS) is 25.9. The highest BCUT2D eigenvalue weighted by Crippen LogP contribution is 2.37. The zero-order valence-corrected chi connectivity index (χ0v) is 28.2. The lowest BCUT2D eigenvalue weighted by molar-refractivity contribution is 0.874. The predicted octanol–water partition coefficient (Wildman–Crippen LogP) is 11.8. The molecule has 44 heavy (non-hydrogen) atoms. The van der Waals surface area contributed by atoms with Crippen molar-refractivity contribution in [3.63, 3.8) is 0 Å². The zero-order valence-electron chi connectivity index (χ0n) is 27.4. The third kappa shape index (κ3) is 7.34. The van der Waals surface area contributed by atoms with Gasteiger partial charge in [-0.15, -0.1) is 0 Å². The topological polar surface area (TPSA) is 15.6 Å². The maximum absolute atomic E-state index is 5.44. The maximum atomic E-state index is 5.44. The van der Waals surface area contributed by atoms with Crippen LogP contribution in [0.2, 0.25) is 0 Å². The van der Waals surface area contributed by atoms with E-state index in [1.54, 1.807) is 11.8 Å². The first-order valence-corrected chi connectivity index (χ1v) is 16.3. The Morgan fingerprint density at radius 3 is 2.43 bits per heavy atom. The molecule has 2 atom stereocenters. The summed E-state index contributed by atoms with van der Waals surface area (Å²) in [6.45, 7) is 24.6. The molecule has 2 aromatic rings. The van der Waals surface area contributed by atoms with Gasteiger partial charge in [-0.2, -0.15) is 0 Å². The minimum atomic E-state index is 0.211. The van der Waals surface area contributed by atoms with E-state index in [0.29, 0.717) is 12.5 Å². The molecular weight excluding hydrogens is 553 g/mol. The Bertz CT molecular complexity index is 1670. The van der Waals surface area contributed by atoms with Gasteiger partial charge in [-0.05, 0) is 79.5 Å². The second kappa shape index (κ2) is 15.1. The number of amidine groups is 1. The number of hydrogen-bond donors (Lipinski definition) is 0. The lowest BCUT2D eigenvalue weighted by atomic mass is 9.85. The smallest absolute Gasteiger partial charge is 0.106 e. The van der Waals surface area contributed by atoms with E-state index in [2.05, 4.69) is 144 Å². The molecule has 0 bridgehead atoms. The lowest BCUT2D eigenvalue weighted by Gasteiger charge is -2.29. The van der Waals surface area contributed by atoms with Crippen LogP contribution in [0.3, 0.4) is 0 Å². The van der Waals surface area contributed by atoms with Gasteiger partial charge in [-0.25, -0.2) is 4.99 Å². The van der Waals surface area contributed by atoms with Crippen molar-refractivity contribution in [2.75, 3.05) is 11.4 Å². The second-order valence-electron chi connectivity index (χ2n) is 11.5. The fourth-order valence-electron chi connectivity index (χ4n) is 5.81. The molecule has 0 fully saturated rings. The molecule has 2 nitrogen and oxygen atoms in total. The number of allylic oxidation sites excluding steroid dienone is 11. The fraction of sp³-hybridized carbons (Fsp3) is 0.244. The number of anilines is 1. The summed E-state index contributed by atoms with van der Waals surface area (Å²) in [7, 11) is 0. The largest absolute Gasteiger partial charge is 0.326 e. The van der Waals surface area contributed by atoms with Gasteiger partial charge in [0.25, 0.3) is 0 Å². The lowest BCUT2D eigenvalue weighted by Crippen LogP contribution is -2.30. The van der Waals surface area contributed by atoms with Crippen molar-refractivity contribution in [1.82, 2.24) is 0 Å². The fourth-order valence-corrected chi connectivity index (χ4v) is 6.51. The van der Waals surface area contributed by atoms with E-state index in [9.17, 15) is 0 Å². The van der Waals surface area contributed by atoms with Crippen LogP contribution in [0.5, 0.6) is 0 Å². The number of aliphatic imine (C=N–C) groups is 1. The van der Waals surface area contributed by atoms with Crippen LogP contribution in [-0.4, -0.2) is 12.4 Å². The van der Waals surface area contributed by atoms with E-state index in [4.69, 9.17) is 4.99 Å². The molecule has 2 aliphatic rings. The van der Waals surface area contributed by atoms with Crippen LogP contribution in [0.15, 0.2) is 154 Å². The highest BCUT2D eigenvalue weighted by atomic mass is 32.2. The Balaban J connectivity index is 1.97. The van der Waals surface area contributed by atoms with Gasteiger partial charge < -0.3 is 4.90 Å². The Hall–Kier alpha value is -4.08. The van der Waals surface area contributed by atoms with Gasteiger partial charge in [0.1, 0.15) is 5.84 Å². The first-order valence-electron chi connectivity index (χ1n) is 15.4. The van der Waals surface area contributed by atoms with Crippen LogP contribution in [-0.2, 0) is 0 Å². The van der Waals surface area contributed by atoms with Crippen molar-refractivity contribution in [3.05, 3.63) is 165 Å². The second-order valence-corrected chi connectivity index (χ2v) is 12.5. The van der Waals surface area contributed by atoms with Crippen molar-refractivity contribution in [2.24, 2.45) is 4.99 Å². The molecule has 2 aliphatic heterocycles. The molecule has 3 heteroatoms.